The zero-order chi connectivity index (χ0) is 19.8. The van der Waals surface area contributed by atoms with Crippen LogP contribution >= 0.6 is 0 Å². The van der Waals surface area contributed by atoms with Gasteiger partial charge in [0.1, 0.15) is 11.5 Å². The monoisotopic (exact) mass is 386 g/mol. The summed E-state index contributed by atoms with van der Waals surface area (Å²) in [5.74, 6) is -0.237. The molecule has 29 heavy (non-hydrogen) atoms. The average molecular weight is 386 g/mol. The molecule has 1 unspecified atom stereocenters. The lowest BCUT2D eigenvalue weighted by molar-refractivity contribution is 0.108. The number of aromatic nitrogens is 3. The van der Waals surface area contributed by atoms with E-state index in [4.69, 9.17) is 5.10 Å². The highest BCUT2D eigenvalue weighted by molar-refractivity contribution is 5.82. The van der Waals surface area contributed by atoms with Crippen molar-refractivity contribution in [2.24, 2.45) is 0 Å². The molecule has 0 amide bonds. The van der Waals surface area contributed by atoms with E-state index in [1.165, 1.54) is 17.8 Å². The summed E-state index contributed by atoms with van der Waals surface area (Å²) in [5.41, 5.74) is 5.24. The summed E-state index contributed by atoms with van der Waals surface area (Å²) in [6.45, 7) is 4.90. The summed E-state index contributed by atoms with van der Waals surface area (Å²) in [5, 5.41) is 4.94. The minimum Gasteiger partial charge on any atom is -0.286 e. The summed E-state index contributed by atoms with van der Waals surface area (Å²) < 4.78 is 15.6. The number of hydrogen-bond acceptors (Lipinski definition) is 3. The number of allylic oxidation sites excluding steroid dienone is 2. The van der Waals surface area contributed by atoms with E-state index in [2.05, 4.69) is 45.8 Å². The third-order valence-electron chi connectivity index (χ3n) is 6.02. The van der Waals surface area contributed by atoms with Crippen LogP contribution < -0.4 is 0 Å². The van der Waals surface area contributed by atoms with E-state index in [0.717, 1.165) is 48.4 Å². The molecule has 0 saturated heterocycles. The van der Waals surface area contributed by atoms with Crippen molar-refractivity contribution in [1.82, 2.24) is 19.7 Å². The first-order chi connectivity index (χ1) is 14.1. The van der Waals surface area contributed by atoms with Crippen molar-refractivity contribution < 1.29 is 4.39 Å². The second kappa shape index (κ2) is 7.08. The smallest absolute Gasteiger partial charge is 0.123 e. The Hall–Kier alpha value is -3.05. The Labute approximate surface area is 170 Å². The highest BCUT2D eigenvalue weighted by atomic mass is 19.1. The molecule has 1 atom stereocenters. The summed E-state index contributed by atoms with van der Waals surface area (Å²) in [6, 6.07) is 10.7. The molecule has 1 aliphatic heterocycles. The molecule has 0 fully saturated rings. The first-order valence-corrected chi connectivity index (χ1v) is 9.99. The van der Waals surface area contributed by atoms with Crippen LogP contribution in [0.4, 0.5) is 4.39 Å². The minimum atomic E-state index is -0.237. The van der Waals surface area contributed by atoms with Gasteiger partial charge in [0.2, 0.25) is 0 Å². The minimum absolute atomic E-state index is 0.00974. The van der Waals surface area contributed by atoms with Crippen LogP contribution in [-0.2, 0) is 13.1 Å². The number of halogens is 1. The lowest BCUT2D eigenvalue weighted by Gasteiger charge is -2.42. The SMILES string of the molecule is CC1(N2CCn3nc(-c4ccc(F)cc4)c(-c4ccncc4)c3C2)C=CC=CC1. The summed E-state index contributed by atoms with van der Waals surface area (Å²) >= 11 is 0. The molecule has 2 aliphatic rings. The summed E-state index contributed by atoms with van der Waals surface area (Å²) in [4.78, 5) is 6.71. The molecule has 2 aromatic heterocycles. The van der Waals surface area contributed by atoms with Crippen LogP contribution in [0.3, 0.4) is 0 Å². The van der Waals surface area contributed by atoms with E-state index < -0.39 is 0 Å². The predicted octanol–water partition coefficient (Wildman–Crippen LogP) is 4.84. The van der Waals surface area contributed by atoms with Crippen LogP contribution in [0.5, 0.6) is 0 Å². The molecule has 5 rings (SSSR count). The van der Waals surface area contributed by atoms with E-state index in [1.807, 2.05) is 36.7 Å². The molecule has 0 saturated carbocycles. The number of pyridine rings is 1. The number of nitrogens with zero attached hydrogens (tertiary/aromatic N) is 4. The standard InChI is InChI=1S/C24H23FN4/c1-24(11-3-2-4-12-24)28-15-16-29-21(17-28)22(18-9-13-26-14-10-18)23(27-29)19-5-7-20(25)8-6-19/h2-11,13-14H,12,15-17H2,1H3. The normalized spacial score (nSPS) is 21.3. The van der Waals surface area contributed by atoms with Crippen molar-refractivity contribution in [3.05, 3.63) is 84.6 Å². The highest BCUT2D eigenvalue weighted by Crippen LogP contribution is 2.38. The first kappa shape index (κ1) is 18.0. The summed E-state index contributed by atoms with van der Waals surface area (Å²) in [6.07, 6.45) is 13.4. The molecular weight excluding hydrogens is 363 g/mol. The van der Waals surface area contributed by atoms with Gasteiger partial charge in [0.05, 0.1) is 12.2 Å². The molecule has 0 spiro atoms. The van der Waals surface area contributed by atoms with Crippen molar-refractivity contribution in [2.75, 3.05) is 6.54 Å². The maximum Gasteiger partial charge on any atom is 0.123 e. The van der Waals surface area contributed by atoms with Crippen molar-refractivity contribution in [3.8, 4) is 22.4 Å². The molecular formula is C24H23FN4. The van der Waals surface area contributed by atoms with E-state index in [1.54, 1.807) is 0 Å². The van der Waals surface area contributed by atoms with Gasteiger partial charge < -0.3 is 0 Å². The number of hydrogen-bond donors (Lipinski definition) is 0. The first-order valence-electron chi connectivity index (χ1n) is 9.99. The van der Waals surface area contributed by atoms with Gasteiger partial charge in [-0.1, -0.05) is 24.3 Å². The molecule has 0 radical (unpaired) electrons. The Morgan fingerprint density at radius 2 is 1.76 bits per heavy atom. The lowest BCUT2D eigenvalue weighted by atomic mass is 9.90. The van der Waals surface area contributed by atoms with Gasteiger partial charge in [-0.3, -0.25) is 14.6 Å². The Morgan fingerprint density at radius 3 is 2.48 bits per heavy atom. The third kappa shape index (κ3) is 3.21. The molecule has 1 aliphatic carbocycles. The third-order valence-corrected chi connectivity index (χ3v) is 6.02. The highest BCUT2D eigenvalue weighted by Gasteiger charge is 2.34. The van der Waals surface area contributed by atoms with E-state index in [0.29, 0.717) is 0 Å². The largest absolute Gasteiger partial charge is 0.286 e. The van der Waals surface area contributed by atoms with Gasteiger partial charge >= 0.3 is 0 Å². The van der Waals surface area contributed by atoms with Crippen LogP contribution in [-0.4, -0.2) is 31.7 Å². The second-order valence-electron chi connectivity index (χ2n) is 7.91. The van der Waals surface area contributed by atoms with Gasteiger partial charge in [-0.05, 0) is 55.3 Å². The number of benzene rings is 1. The molecule has 0 N–H and O–H groups in total. The van der Waals surface area contributed by atoms with E-state index >= 15 is 0 Å². The topological polar surface area (TPSA) is 34.0 Å². The Morgan fingerprint density at radius 1 is 0.966 bits per heavy atom. The predicted molar refractivity (Wildman–Crippen MR) is 113 cm³/mol. The maximum atomic E-state index is 13.5. The molecule has 5 heteroatoms. The van der Waals surface area contributed by atoms with Crippen molar-refractivity contribution in [3.63, 3.8) is 0 Å². The quantitative estimate of drug-likeness (QED) is 0.646. The fourth-order valence-electron chi connectivity index (χ4n) is 4.34. The molecule has 1 aromatic carbocycles. The molecule has 0 bridgehead atoms. The van der Waals surface area contributed by atoms with Crippen molar-refractivity contribution in [2.45, 2.75) is 32.0 Å². The van der Waals surface area contributed by atoms with Gasteiger partial charge in [0.15, 0.2) is 0 Å². The van der Waals surface area contributed by atoms with Crippen LogP contribution in [0.2, 0.25) is 0 Å². The lowest BCUT2D eigenvalue weighted by Crippen LogP contribution is -2.48. The van der Waals surface area contributed by atoms with Crippen molar-refractivity contribution >= 4 is 0 Å². The Bertz CT molecular complexity index is 1080. The van der Waals surface area contributed by atoms with Gasteiger partial charge in [-0.25, -0.2) is 4.39 Å². The van der Waals surface area contributed by atoms with Crippen molar-refractivity contribution in [1.29, 1.82) is 0 Å². The van der Waals surface area contributed by atoms with E-state index in [-0.39, 0.29) is 11.4 Å². The van der Waals surface area contributed by atoms with Gasteiger partial charge in [-0.2, -0.15) is 5.10 Å². The van der Waals surface area contributed by atoms with Gasteiger partial charge in [0.25, 0.3) is 0 Å². The van der Waals surface area contributed by atoms with Crippen LogP contribution in [0.1, 0.15) is 19.0 Å². The zero-order valence-corrected chi connectivity index (χ0v) is 16.4. The molecule has 3 aromatic rings. The average Bonchev–Trinajstić information content (AvgIpc) is 3.14. The molecule has 146 valence electrons. The zero-order valence-electron chi connectivity index (χ0n) is 16.4. The fraction of sp³-hybridized carbons (Fsp3) is 0.250. The Balaban J connectivity index is 1.62. The second-order valence-corrected chi connectivity index (χ2v) is 7.91. The van der Waals surface area contributed by atoms with Crippen LogP contribution in [0.25, 0.3) is 22.4 Å². The fourth-order valence-corrected chi connectivity index (χ4v) is 4.34. The molecule has 4 nitrogen and oxygen atoms in total. The number of rotatable bonds is 3. The summed E-state index contributed by atoms with van der Waals surface area (Å²) in [7, 11) is 0. The van der Waals surface area contributed by atoms with Crippen LogP contribution in [0.15, 0.2) is 73.1 Å². The molecule has 3 heterocycles. The van der Waals surface area contributed by atoms with Gasteiger partial charge in [0, 0.05) is 42.1 Å². The number of fused-ring (bicyclic) bond motifs is 1. The van der Waals surface area contributed by atoms with Crippen LogP contribution in [0, 0.1) is 5.82 Å². The Kier molecular flexibility index (Phi) is 4.40. The van der Waals surface area contributed by atoms with E-state index in [9.17, 15) is 4.39 Å². The maximum absolute atomic E-state index is 13.5. The van der Waals surface area contributed by atoms with Gasteiger partial charge in [-0.15, -0.1) is 0 Å².